The van der Waals surface area contributed by atoms with Gasteiger partial charge in [-0.1, -0.05) is 23.4 Å². The van der Waals surface area contributed by atoms with Crippen LogP contribution in [-0.2, 0) is 9.59 Å². The van der Waals surface area contributed by atoms with Crippen LogP contribution < -0.4 is 20.5 Å². The van der Waals surface area contributed by atoms with Crippen LogP contribution in [-0.4, -0.2) is 34.3 Å². The number of thioether (sulfide) groups is 1. The number of nitrogens with two attached hydrogens (primary N) is 1. The lowest BCUT2D eigenvalue weighted by Gasteiger charge is -2.30. The van der Waals surface area contributed by atoms with Crippen LogP contribution in [0.2, 0.25) is 5.02 Å². The van der Waals surface area contributed by atoms with Crippen molar-refractivity contribution in [2.24, 2.45) is 10.7 Å². The normalized spacial score (nSPS) is 25.6. The molecule has 24 heavy (non-hydrogen) atoms. The van der Waals surface area contributed by atoms with E-state index in [2.05, 4.69) is 4.99 Å². The lowest BCUT2D eigenvalue weighted by Crippen LogP contribution is -2.66. The monoisotopic (exact) mass is 381 g/mol. The van der Waals surface area contributed by atoms with Crippen molar-refractivity contribution in [3.8, 4) is 11.5 Å². The zero-order valence-electron chi connectivity index (χ0n) is 11.4. The van der Waals surface area contributed by atoms with Crippen LogP contribution in [0, 0.1) is 0 Å². The van der Waals surface area contributed by atoms with Crippen molar-refractivity contribution >= 4 is 40.3 Å². The predicted molar refractivity (Wildman–Crippen MR) is 77.6 cm³/mol. The molecule has 0 aliphatic carbocycles. The highest BCUT2D eigenvalue weighted by molar-refractivity contribution is 8.16. The first-order valence-corrected chi connectivity index (χ1v) is 7.48. The van der Waals surface area contributed by atoms with Gasteiger partial charge in [-0.3, -0.25) is 14.9 Å². The molecule has 0 saturated heterocycles. The summed E-state index contributed by atoms with van der Waals surface area (Å²) in [5, 5.41) is -0.0854. The summed E-state index contributed by atoms with van der Waals surface area (Å²) >= 11 is 6.22. The van der Waals surface area contributed by atoms with Gasteiger partial charge in [0.2, 0.25) is 5.91 Å². The van der Waals surface area contributed by atoms with Crippen LogP contribution in [0.15, 0.2) is 23.2 Å². The summed E-state index contributed by atoms with van der Waals surface area (Å²) in [4.78, 5) is 26.8. The maximum absolute atomic E-state index is 13.5. The van der Waals surface area contributed by atoms with Crippen LogP contribution in [0.25, 0.3) is 0 Å². The highest BCUT2D eigenvalue weighted by atomic mass is 35.5. The van der Waals surface area contributed by atoms with Crippen molar-refractivity contribution in [1.82, 2.24) is 5.32 Å². The largest absolute Gasteiger partial charge is 0.492 e. The van der Waals surface area contributed by atoms with Crippen molar-refractivity contribution in [1.29, 1.82) is 0 Å². The average Bonchev–Trinajstić information content (AvgIpc) is 2.98. The molecule has 2 unspecified atom stereocenters. The molecule has 0 radical (unpaired) electrons. The zero-order valence-corrected chi connectivity index (χ0v) is 13.0. The van der Waals surface area contributed by atoms with E-state index in [0.717, 1.165) is 12.1 Å². The van der Waals surface area contributed by atoms with E-state index >= 15 is 0 Å². The molecule has 12 heteroatoms. The molecule has 0 saturated carbocycles. The molecule has 0 bridgehead atoms. The maximum atomic E-state index is 13.5. The van der Waals surface area contributed by atoms with Crippen LogP contribution in [0.4, 0.5) is 13.2 Å². The number of hydrogen-bond acceptors (Lipinski definition) is 6. The molecule has 3 N–H and O–H groups in total. The average molecular weight is 382 g/mol. The maximum Gasteiger partial charge on any atom is 0.492 e. The van der Waals surface area contributed by atoms with Gasteiger partial charge in [-0.25, -0.2) is 0 Å². The number of aliphatic imine (C=N–C) groups is 1. The van der Waals surface area contributed by atoms with Crippen molar-refractivity contribution in [2.45, 2.75) is 17.3 Å². The minimum absolute atomic E-state index is 0.115. The topological polar surface area (TPSA) is 103 Å². The van der Waals surface area contributed by atoms with Crippen LogP contribution in [0.5, 0.6) is 11.5 Å². The van der Waals surface area contributed by atoms with E-state index in [1.165, 1.54) is 6.07 Å². The standard InChI is InChI=1S/C12H7ClF3N3O4S/c13-4-1-2-5-6(3-4)23-12(22-5,11(14,15)16)19-9(21)7-8(20)18-10(17)24-7/h1-3,7H,(H,19,21)(H2,17,18,20). The number of nitrogens with one attached hydrogen (secondary N) is 1. The molecule has 128 valence electrons. The number of alkyl halides is 3. The molecule has 7 nitrogen and oxygen atoms in total. The molecule has 2 aliphatic heterocycles. The fourth-order valence-corrected chi connectivity index (χ4v) is 2.84. The van der Waals surface area contributed by atoms with Gasteiger partial charge in [0.1, 0.15) is 0 Å². The summed E-state index contributed by atoms with van der Waals surface area (Å²) in [5.74, 6) is -6.31. The summed E-state index contributed by atoms with van der Waals surface area (Å²) in [5.41, 5.74) is 5.28. The molecular weight excluding hydrogens is 375 g/mol. The summed E-state index contributed by atoms with van der Waals surface area (Å²) in [7, 11) is 0. The van der Waals surface area contributed by atoms with Gasteiger partial charge in [0, 0.05) is 11.1 Å². The molecule has 0 aromatic heterocycles. The molecule has 2 heterocycles. The Hall–Kier alpha value is -2.14. The second-order valence-electron chi connectivity index (χ2n) is 4.68. The highest BCUT2D eigenvalue weighted by Crippen LogP contribution is 2.46. The number of ether oxygens (including phenoxy) is 2. The predicted octanol–water partition coefficient (Wildman–Crippen LogP) is 1.40. The van der Waals surface area contributed by atoms with Gasteiger partial charge in [0.15, 0.2) is 21.9 Å². The molecule has 2 atom stereocenters. The van der Waals surface area contributed by atoms with Gasteiger partial charge in [-0.2, -0.15) is 18.2 Å². The van der Waals surface area contributed by atoms with Crippen molar-refractivity contribution < 1.29 is 32.2 Å². The fraction of sp³-hybridized carbons (Fsp3) is 0.250. The number of rotatable bonds is 2. The van der Waals surface area contributed by atoms with Crippen molar-refractivity contribution in [3.63, 3.8) is 0 Å². The Balaban J connectivity index is 1.87. The highest BCUT2D eigenvalue weighted by Gasteiger charge is 2.66. The quantitative estimate of drug-likeness (QED) is 0.751. The van der Waals surface area contributed by atoms with Crippen LogP contribution in [0.3, 0.4) is 0 Å². The first-order valence-electron chi connectivity index (χ1n) is 6.22. The number of amides is 2. The Morgan fingerprint density at radius 2 is 2.04 bits per heavy atom. The Labute approximate surface area is 141 Å². The molecule has 1 aromatic rings. The first-order chi connectivity index (χ1) is 11.1. The van der Waals surface area contributed by atoms with Gasteiger partial charge in [-0.15, -0.1) is 0 Å². The number of halogens is 4. The third kappa shape index (κ3) is 2.73. The van der Waals surface area contributed by atoms with Gasteiger partial charge in [-0.05, 0) is 12.1 Å². The third-order valence-corrected chi connectivity index (χ3v) is 4.21. The summed E-state index contributed by atoms with van der Waals surface area (Å²) in [6, 6.07) is 3.56. The van der Waals surface area contributed by atoms with E-state index in [4.69, 9.17) is 26.8 Å². The van der Waals surface area contributed by atoms with Crippen molar-refractivity contribution in [3.05, 3.63) is 23.2 Å². The zero-order chi connectivity index (χ0) is 17.7. The van der Waals surface area contributed by atoms with E-state index in [0.29, 0.717) is 11.8 Å². The second kappa shape index (κ2) is 5.45. The molecule has 2 amide bonds. The fourth-order valence-electron chi connectivity index (χ4n) is 1.97. The van der Waals surface area contributed by atoms with Gasteiger partial charge in [0.05, 0.1) is 0 Å². The van der Waals surface area contributed by atoms with Gasteiger partial charge < -0.3 is 15.2 Å². The number of carbonyl (C=O) groups is 2. The molecule has 1 aromatic carbocycles. The van der Waals surface area contributed by atoms with Crippen molar-refractivity contribution in [2.75, 3.05) is 0 Å². The van der Waals surface area contributed by atoms with Crippen LogP contribution >= 0.6 is 23.4 Å². The van der Waals surface area contributed by atoms with Crippen LogP contribution in [0.1, 0.15) is 0 Å². The number of hydrogen-bond donors (Lipinski definition) is 2. The molecule has 0 spiro atoms. The van der Waals surface area contributed by atoms with E-state index in [9.17, 15) is 22.8 Å². The smallest absolute Gasteiger partial charge is 0.424 e. The lowest BCUT2D eigenvalue weighted by molar-refractivity contribution is -0.319. The number of carbonyl (C=O) groups excluding carboxylic acids is 2. The van der Waals surface area contributed by atoms with E-state index in [1.54, 1.807) is 5.32 Å². The second-order valence-corrected chi connectivity index (χ2v) is 6.25. The summed E-state index contributed by atoms with van der Waals surface area (Å²) < 4.78 is 49.9. The Bertz CT molecular complexity index is 772. The number of fused-ring (bicyclic) bond motifs is 1. The van der Waals surface area contributed by atoms with Gasteiger partial charge in [0.25, 0.3) is 5.91 Å². The summed E-state index contributed by atoms with van der Waals surface area (Å²) in [6.07, 6.45) is -5.15. The summed E-state index contributed by atoms with van der Waals surface area (Å²) in [6.45, 7) is 0. The molecule has 3 rings (SSSR count). The van der Waals surface area contributed by atoms with Gasteiger partial charge >= 0.3 is 12.1 Å². The minimum Gasteiger partial charge on any atom is -0.424 e. The number of nitrogens with zero attached hydrogens (tertiary/aromatic N) is 1. The molecule has 2 aliphatic rings. The first kappa shape index (κ1) is 16.7. The van der Waals surface area contributed by atoms with E-state index < -0.39 is 29.2 Å². The van der Waals surface area contributed by atoms with E-state index in [-0.39, 0.29) is 21.7 Å². The number of benzene rings is 1. The number of amidine groups is 1. The minimum atomic E-state index is -5.15. The SMILES string of the molecule is NC1=NC(=O)C(C(=O)NC2(C(F)(F)F)Oc3ccc(Cl)cc3O2)S1. The Kier molecular flexibility index (Phi) is 3.79. The lowest BCUT2D eigenvalue weighted by atomic mass is 10.3. The third-order valence-electron chi connectivity index (χ3n) is 3.00. The molecular formula is C12H7ClF3N3O4S. The van der Waals surface area contributed by atoms with E-state index in [1.807, 2.05) is 0 Å². The molecule has 0 fully saturated rings. The Morgan fingerprint density at radius 1 is 1.38 bits per heavy atom. The Morgan fingerprint density at radius 3 is 2.62 bits per heavy atom.